The third-order valence-corrected chi connectivity index (χ3v) is 5.99. The van der Waals surface area contributed by atoms with E-state index in [2.05, 4.69) is 17.0 Å². The maximum Gasteiger partial charge on any atom is 0.231 e. The summed E-state index contributed by atoms with van der Waals surface area (Å²) in [5.41, 5.74) is 4.37. The van der Waals surface area contributed by atoms with Gasteiger partial charge in [0.2, 0.25) is 5.78 Å². The smallest absolute Gasteiger partial charge is 0.231 e. The van der Waals surface area contributed by atoms with Gasteiger partial charge in [-0.2, -0.15) is 0 Å². The molecule has 0 bridgehead atoms. The number of rotatable bonds is 5. The number of carbonyl (C=O) groups is 1. The van der Waals surface area contributed by atoms with Crippen LogP contribution >= 0.6 is 0 Å². The molecule has 0 aliphatic carbocycles. The highest BCUT2D eigenvalue weighted by Gasteiger charge is 2.33. The quantitative estimate of drug-likeness (QED) is 0.519. The van der Waals surface area contributed by atoms with Crippen LogP contribution in [0.1, 0.15) is 32.6 Å². The molecule has 33 heavy (non-hydrogen) atoms. The number of para-hydroxylation sites is 1. The summed E-state index contributed by atoms with van der Waals surface area (Å²) in [7, 11) is 3.27. The number of fused-ring (bicyclic) bond motifs is 2. The molecule has 0 saturated carbocycles. The zero-order valence-electron chi connectivity index (χ0n) is 18.9. The van der Waals surface area contributed by atoms with Gasteiger partial charge in [-0.25, -0.2) is 0 Å². The van der Waals surface area contributed by atoms with Crippen molar-refractivity contribution in [2.45, 2.75) is 20.0 Å². The van der Waals surface area contributed by atoms with Crippen LogP contribution in [-0.4, -0.2) is 31.6 Å². The van der Waals surface area contributed by atoms with Gasteiger partial charge in [0, 0.05) is 29.8 Å². The van der Waals surface area contributed by atoms with Gasteiger partial charge in [0.05, 0.1) is 19.8 Å². The third-order valence-electron chi connectivity index (χ3n) is 5.99. The van der Waals surface area contributed by atoms with Crippen molar-refractivity contribution in [3.05, 3.63) is 88.2 Å². The van der Waals surface area contributed by atoms with Gasteiger partial charge in [0.15, 0.2) is 5.76 Å². The minimum absolute atomic E-state index is 0.130. The molecule has 2 aliphatic heterocycles. The summed E-state index contributed by atoms with van der Waals surface area (Å²) in [4.78, 5) is 15.4. The highest BCUT2D eigenvalue weighted by Crippen LogP contribution is 2.43. The number of nitrogens with zero attached hydrogens (tertiary/aromatic N) is 1. The summed E-state index contributed by atoms with van der Waals surface area (Å²) >= 11 is 0. The number of hydrogen-bond donors (Lipinski definition) is 0. The molecule has 0 aromatic heterocycles. The fourth-order valence-electron chi connectivity index (χ4n) is 4.31. The van der Waals surface area contributed by atoms with Crippen molar-refractivity contribution in [3.8, 4) is 23.0 Å². The number of hydrogen-bond acceptors (Lipinski definition) is 6. The molecule has 6 nitrogen and oxygen atoms in total. The number of benzene rings is 3. The first-order chi connectivity index (χ1) is 16.1. The molecule has 0 fully saturated rings. The second-order valence-electron chi connectivity index (χ2n) is 8.16. The van der Waals surface area contributed by atoms with E-state index in [4.69, 9.17) is 18.9 Å². The van der Waals surface area contributed by atoms with E-state index >= 15 is 0 Å². The van der Waals surface area contributed by atoms with Crippen molar-refractivity contribution in [1.82, 2.24) is 4.90 Å². The minimum atomic E-state index is -0.130. The Labute approximate surface area is 193 Å². The lowest BCUT2D eigenvalue weighted by Gasteiger charge is -2.30. The zero-order chi connectivity index (χ0) is 22.9. The number of methoxy groups -OCH3 is 2. The summed E-state index contributed by atoms with van der Waals surface area (Å²) in [6, 6.07) is 17.5. The first-order valence-electron chi connectivity index (χ1n) is 10.8. The molecule has 0 radical (unpaired) electrons. The lowest BCUT2D eigenvalue weighted by atomic mass is 9.99. The Morgan fingerprint density at radius 1 is 1.03 bits per heavy atom. The zero-order valence-corrected chi connectivity index (χ0v) is 18.9. The van der Waals surface area contributed by atoms with E-state index in [9.17, 15) is 4.79 Å². The number of carbonyl (C=O) groups excluding carboxylic acids is 1. The topological polar surface area (TPSA) is 57.2 Å². The Hall–Kier alpha value is -3.77. The molecular weight excluding hydrogens is 418 g/mol. The average Bonchev–Trinajstić information content (AvgIpc) is 3.15. The van der Waals surface area contributed by atoms with E-state index in [1.165, 1.54) is 5.56 Å². The lowest BCUT2D eigenvalue weighted by Crippen LogP contribution is -2.32. The van der Waals surface area contributed by atoms with Crippen molar-refractivity contribution >= 4 is 11.9 Å². The predicted molar refractivity (Wildman–Crippen MR) is 125 cm³/mol. The minimum Gasteiger partial charge on any atom is -0.497 e. The summed E-state index contributed by atoms with van der Waals surface area (Å²) in [5, 5.41) is 0. The molecule has 0 unspecified atom stereocenters. The number of Topliss-reactive ketones (excluding diaryl/α,β-unsaturated/α-hetero) is 1. The van der Waals surface area contributed by atoms with E-state index in [1.807, 2.05) is 49.4 Å². The standard InChI is InChI=1S/C27H25NO5/c1-17-26-20(15-28(16-32-26)14-18-8-10-21(30-2)11-9-18)12-22-25(29)24(33-27(17)22)13-19-6-4-5-7-23(19)31-3/h4-13H,14-16H2,1-3H3/b24-13-. The summed E-state index contributed by atoms with van der Waals surface area (Å²) in [5.74, 6) is 3.05. The summed E-state index contributed by atoms with van der Waals surface area (Å²) in [6.07, 6.45) is 1.73. The van der Waals surface area contributed by atoms with Crippen LogP contribution in [0.3, 0.4) is 0 Å². The molecule has 3 aromatic carbocycles. The van der Waals surface area contributed by atoms with Crippen molar-refractivity contribution in [2.24, 2.45) is 0 Å². The Morgan fingerprint density at radius 3 is 2.58 bits per heavy atom. The van der Waals surface area contributed by atoms with Crippen molar-refractivity contribution in [1.29, 1.82) is 0 Å². The van der Waals surface area contributed by atoms with E-state index in [0.717, 1.165) is 34.7 Å². The molecule has 3 aromatic rings. The molecule has 0 saturated heterocycles. The molecule has 2 aliphatic rings. The number of ether oxygens (including phenoxy) is 4. The summed E-state index contributed by atoms with van der Waals surface area (Å²) in [6.45, 7) is 3.84. The molecule has 168 valence electrons. The second kappa shape index (κ2) is 8.64. The fraction of sp³-hybridized carbons (Fsp3) is 0.222. The summed E-state index contributed by atoms with van der Waals surface area (Å²) < 4.78 is 22.8. The van der Waals surface area contributed by atoms with Crippen LogP contribution in [0.5, 0.6) is 23.0 Å². The highest BCUT2D eigenvalue weighted by atomic mass is 16.5. The highest BCUT2D eigenvalue weighted by molar-refractivity contribution is 6.15. The lowest BCUT2D eigenvalue weighted by molar-refractivity contribution is 0.0876. The maximum absolute atomic E-state index is 13.2. The van der Waals surface area contributed by atoms with Crippen LogP contribution in [0.2, 0.25) is 0 Å². The van der Waals surface area contributed by atoms with Crippen molar-refractivity contribution in [2.75, 3.05) is 21.0 Å². The van der Waals surface area contributed by atoms with E-state index in [0.29, 0.717) is 30.3 Å². The SMILES string of the molecule is COc1ccc(CN2COc3c(cc4c(c3C)O/C(=C\c3ccccc3OC)C4=O)C2)cc1. The van der Waals surface area contributed by atoms with Crippen LogP contribution < -0.4 is 18.9 Å². The molecule has 0 atom stereocenters. The normalized spacial score (nSPS) is 16.1. The van der Waals surface area contributed by atoms with E-state index in [1.54, 1.807) is 20.3 Å². The molecule has 0 spiro atoms. The van der Waals surface area contributed by atoms with E-state index < -0.39 is 0 Å². The van der Waals surface area contributed by atoms with Gasteiger partial charge in [-0.05, 0) is 42.8 Å². The van der Waals surface area contributed by atoms with Crippen molar-refractivity contribution < 1.29 is 23.7 Å². The van der Waals surface area contributed by atoms with E-state index in [-0.39, 0.29) is 11.5 Å². The van der Waals surface area contributed by atoms with Gasteiger partial charge in [-0.1, -0.05) is 30.3 Å². The van der Waals surface area contributed by atoms with Crippen LogP contribution in [-0.2, 0) is 13.1 Å². The Bertz CT molecular complexity index is 1250. The third kappa shape index (κ3) is 3.94. The van der Waals surface area contributed by atoms with Crippen LogP contribution in [0.4, 0.5) is 0 Å². The predicted octanol–water partition coefficient (Wildman–Crippen LogP) is 4.98. The Morgan fingerprint density at radius 2 is 1.82 bits per heavy atom. The Kier molecular flexibility index (Phi) is 5.52. The molecule has 0 amide bonds. The monoisotopic (exact) mass is 443 g/mol. The molecular formula is C27H25NO5. The van der Waals surface area contributed by atoms with Crippen molar-refractivity contribution in [3.63, 3.8) is 0 Å². The number of ketones is 1. The van der Waals surface area contributed by atoms with Gasteiger partial charge in [-0.15, -0.1) is 0 Å². The molecule has 2 heterocycles. The molecule has 5 rings (SSSR count). The van der Waals surface area contributed by atoms with Crippen LogP contribution in [0, 0.1) is 6.92 Å². The van der Waals surface area contributed by atoms with Gasteiger partial charge < -0.3 is 18.9 Å². The van der Waals surface area contributed by atoms with Crippen LogP contribution in [0.25, 0.3) is 6.08 Å². The molecule has 6 heteroatoms. The van der Waals surface area contributed by atoms with Gasteiger partial charge >= 0.3 is 0 Å². The Balaban J connectivity index is 1.40. The van der Waals surface area contributed by atoms with Gasteiger partial charge in [-0.3, -0.25) is 9.69 Å². The van der Waals surface area contributed by atoms with Gasteiger partial charge in [0.25, 0.3) is 0 Å². The molecule has 0 N–H and O–H groups in total. The fourth-order valence-corrected chi connectivity index (χ4v) is 4.31. The van der Waals surface area contributed by atoms with Crippen LogP contribution in [0.15, 0.2) is 60.4 Å². The second-order valence-corrected chi connectivity index (χ2v) is 8.16. The average molecular weight is 443 g/mol. The van der Waals surface area contributed by atoms with Gasteiger partial charge in [0.1, 0.15) is 29.7 Å². The largest absolute Gasteiger partial charge is 0.497 e. The maximum atomic E-state index is 13.2. The number of allylic oxidation sites excluding steroid dienone is 1. The first kappa shape index (κ1) is 21.1. The first-order valence-corrected chi connectivity index (χ1v) is 10.8.